The first-order chi connectivity index (χ1) is 5.24. The molecule has 0 aromatic carbocycles. The van der Waals surface area contributed by atoms with Gasteiger partial charge in [0, 0.05) is 0 Å². The van der Waals surface area contributed by atoms with E-state index in [-0.39, 0.29) is 5.91 Å². The van der Waals surface area contributed by atoms with Crippen molar-refractivity contribution in [2.75, 3.05) is 0 Å². The van der Waals surface area contributed by atoms with Crippen LogP contribution in [0.15, 0.2) is 18.2 Å². The van der Waals surface area contributed by atoms with Crippen LogP contribution in [0, 0.1) is 3.70 Å². The van der Waals surface area contributed by atoms with Gasteiger partial charge in [-0.05, 0) is 34.7 Å². The van der Waals surface area contributed by atoms with E-state index in [1.54, 1.807) is 18.2 Å². The lowest BCUT2D eigenvalue weighted by molar-refractivity contribution is 0.0948. The van der Waals surface area contributed by atoms with Gasteiger partial charge >= 0.3 is 0 Å². The van der Waals surface area contributed by atoms with Crippen LogP contribution in [0.2, 0.25) is 0 Å². The molecule has 4 nitrogen and oxygen atoms in total. The van der Waals surface area contributed by atoms with Gasteiger partial charge in [0.1, 0.15) is 9.39 Å². The zero-order valence-electron chi connectivity index (χ0n) is 5.54. The second-order valence-electron chi connectivity index (χ2n) is 1.82. The third-order valence-corrected chi connectivity index (χ3v) is 1.68. The van der Waals surface area contributed by atoms with Crippen molar-refractivity contribution in [1.29, 1.82) is 0 Å². The van der Waals surface area contributed by atoms with Crippen LogP contribution in [0.25, 0.3) is 0 Å². The molecule has 1 heterocycles. The Labute approximate surface area is 77.3 Å². The molecule has 1 aromatic heterocycles. The summed E-state index contributed by atoms with van der Waals surface area (Å²) in [5.74, 6) is 4.54. The number of amides is 1. The van der Waals surface area contributed by atoms with Gasteiger partial charge in [0.05, 0.1) is 0 Å². The van der Waals surface area contributed by atoms with Gasteiger partial charge in [-0.2, -0.15) is 0 Å². The zero-order chi connectivity index (χ0) is 8.27. The van der Waals surface area contributed by atoms with Gasteiger partial charge in [0.2, 0.25) is 0 Å². The monoisotopic (exact) mass is 263 g/mol. The van der Waals surface area contributed by atoms with Crippen LogP contribution < -0.4 is 11.3 Å². The molecule has 0 unspecified atom stereocenters. The summed E-state index contributed by atoms with van der Waals surface area (Å²) in [6.45, 7) is 0. The summed E-state index contributed by atoms with van der Waals surface area (Å²) in [6.07, 6.45) is 0. The Hall–Kier alpha value is -0.690. The molecule has 0 fully saturated rings. The highest BCUT2D eigenvalue weighted by atomic mass is 127. The van der Waals surface area contributed by atoms with Gasteiger partial charge in [-0.3, -0.25) is 10.2 Å². The summed E-state index contributed by atoms with van der Waals surface area (Å²) in [6, 6.07) is 5.15. The van der Waals surface area contributed by atoms with Crippen molar-refractivity contribution < 1.29 is 4.79 Å². The Balaban J connectivity index is 2.96. The lowest BCUT2D eigenvalue weighted by Crippen LogP contribution is -2.30. The number of nitrogens with two attached hydrogens (primary N) is 1. The molecule has 0 aliphatic rings. The molecular formula is C6H6IN3O. The fraction of sp³-hybridized carbons (Fsp3) is 0. The third kappa shape index (κ3) is 2.12. The minimum absolute atomic E-state index is 0.333. The normalized spacial score (nSPS) is 9.27. The molecule has 0 spiro atoms. The average Bonchev–Trinajstić information content (AvgIpc) is 2.03. The topological polar surface area (TPSA) is 68.0 Å². The van der Waals surface area contributed by atoms with Crippen LogP contribution in [-0.4, -0.2) is 10.9 Å². The van der Waals surface area contributed by atoms with Crippen molar-refractivity contribution in [2.45, 2.75) is 0 Å². The highest BCUT2D eigenvalue weighted by Crippen LogP contribution is 2.01. The predicted octanol–water partition coefficient (Wildman–Crippen LogP) is 0.290. The maximum Gasteiger partial charge on any atom is 0.283 e. The van der Waals surface area contributed by atoms with E-state index >= 15 is 0 Å². The van der Waals surface area contributed by atoms with Crippen molar-refractivity contribution in [3.05, 3.63) is 27.6 Å². The van der Waals surface area contributed by atoms with E-state index in [0.29, 0.717) is 5.69 Å². The van der Waals surface area contributed by atoms with Crippen molar-refractivity contribution >= 4 is 28.5 Å². The molecule has 0 saturated heterocycles. The van der Waals surface area contributed by atoms with Gasteiger partial charge in [-0.25, -0.2) is 10.8 Å². The SMILES string of the molecule is NNC(=O)c1cccc(I)n1. The molecule has 0 aliphatic heterocycles. The number of nitrogens with zero attached hydrogens (tertiary/aromatic N) is 1. The van der Waals surface area contributed by atoms with E-state index in [9.17, 15) is 4.79 Å². The molecule has 58 valence electrons. The number of aromatic nitrogens is 1. The minimum atomic E-state index is -0.372. The molecule has 0 atom stereocenters. The number of halogens is 1. The number of hydrazine groups is 1. The summed E-state index contributed by atoms with van der Waals surface area (Å²) in [5, 5.41) is 0. The Morgan fingerprint density at radius 3 is 2.91 bits per heavy atom. The van der Waals surface area contributed by atoms with Gasteiger partial charge in [0.15, 0.2) is 0 Å². The fourth-order valence-electron chi connectivity index (χ4n) is 0.609. The maximum absolute atomic E-state index is 10.9. The summed E-state index contributed by atoms with van der Waals surface area (Å²) < 4.78 is 0.767. The van der Waals surface area contributed by atoms with Crippen LogP contribution in [0.4, 0.5) is 0 Å². The third-order valence-electron chi connectivity index (χ3n) is 1.08. The van der Waals surface area contributed by atoms with Crippen molar-refractivity contribution in [3.63, 3.8) is 0 Å². The standard InChI is InChI=1S/C6H6IN3O/c7-5-3-1-2-4(9-5)6(11)10-8/h1-3H,8H2,(H,10,11). The van der Waals surface area contributed by atoms with E-state index in [1.165, 1.54) is 0 Å². The van der Waals surface area contributed by atoms with E-state index in [1.807, 2.05) is 28.0 Å². The van der Waals surface area contributed by atoms with E-state index in [2.05, 4.69) is 4.98 Å². The number of carbonyl (C=O) groups is 1. The first kappa shape index (κ1) is 8.41. The predicted molar refractivity (Wildman–Crippen MR) is 48.6 cm³/mol. The summed E-state index contributed by atoms with van der Waals surface area (Å²) in [5.41, 5.74) is 2.34. The van der Waals surface area contributed by atoms with Crippen LogP contribution in [0.5, 0.6) is 0 Å². The van der Waals surface area contributed by atoms with E-state index in [4.69, 9.17) is 5.84 Å². The van der Waals surface area contributed by atoms with Crippen molar-refractivity contribution in [3.8, 4) is 0 Å². The fourth-order valence-corrected chi connectivity index (χ4v) is 1.08. The lowest BCUT2D eigenvalue weighted by Gasteiger charge is -1.97. The smallest absolute Gasteiger partial charge is 0.283 e. The number of rotatable bonds is 1. The second kappa shape index (κ2) is 3.63. The Morgan fingerprint density at radius 1 is 1.64 bits per heavy atom. The Morgan fingerprint density at radius 2 is 2.36 bits per heavy atom. The van der Waals surface area contributed by atoms with Crippen molar-refractivity contribution in [2.24, 2.45) is 5.84 Å². The summed E-state index contributed by atoms with van der Waals surface area (Å²) in [7, 11) is 0. The number of hydrogen-bond donors (Lipinski definition) is 2. The zero-order valence-corrected chi connectivity index (χ0v) is 7.70. The summed E-state index contributed by atoms with van der Waals surface area (Å²) in [4.78, 5) is 14.8. The van der Waals surface area contributed by atoms with Gasteiger partial charge in [0.25, 0.3) is 5.91 Å². The molecule has 1 aromatic rings. The van der Waals surface area contributed by atoms with Gasteiger partial charge in [-0.1, -0.05) is 6.07 Å². The van der Waals surface area contributed by atoms with Gasteiger partial charge < -0.3 is 0 Å². The molecule has 0 aliphatic carbocycles. The second-order valence-corrected chi connectivity index (χ2v) is 2.92. The lowest BCUT2D eigenvalue weighted by atomic mass is 10.3. The Bertz CT molecular complexity index is 276. The average molecular weight is 263 g/mol. The number of pyridine rings is 1. The molecule has 1 amide bonds. The maximum atomic E-state index is 10.9. The molecular weight excluding hydrogens is 257 g/mol. The summed E-state index contributed by atoms with van der Waals surface area (Å²) >= 11 is 2.02. The minimum Gasteiger partial charge on any atom is -0.289 e. The highest BCUT2D eigenvalue weighted by Gasteiger charge is 2.03. The first-order valence-electron chi connectivity index (χ1n) is 2.87. The van der Waals surface area contributed by atoms with Crippen LogP contribution in [0.3, 0.4) is 0 Å². The van der Waals surface area contributed by atoms with Crippen LogP contribution >= 0.6 is 22.6 Å². The number of hydrogen-bond acceptors (Lipinski definition) is 3. The molecule has 0 radical (unpaired) electrons. The van der Waals surface area contributed by atoms with E-state index < -0.39 is 0 Å². The Kier molecular flexibility index (Phi) is 2.77. The first-order valence-corrected chi connectivity index (χ1v) is 3.95. The van der Waals surface area contributed by atoms with Crippen LogP contribution in [0.1, 0.15) is 10.5 Å². The quantitative estimate of drug-likeness (QED) is 0.251. The molecule has 3 N–H and O–H groups in total. The number of nitrogen functional groups attached to an aromatic ring is 1. The molecule has 11 heavy (non-hydrogen) atoms. The number of nitrogens with one attached hydrogen (secondary N) is 1. The van der Waals surface area contributed by atoms with E-state index in [0.717, 1.165) is 3.70 Å². The van der Waals surface area contributed by atoms with Gasteiger partial charge in [-0.15, -0.1) is 0 Å². The molecule has 0 saturated carbocycles. The highest BCUT2D eigenvalue weighted by molar-refractivity contribution is 14.1. The number of carbonyl (C=O) groups excluding carboxylic acids is 1. The van der Waals surface area contributed by atoms with Crippen molar-refractivity contribution in [1.82, 2.24) is 10.4 Å². The molecule has 1 rings (SSSR count). The molecule has 5 heteroatoms. The molecule has 0 bridgehead atoms. The van der Waals surface area contributed by atoms with Crippen LogP contribution in [-0.2, 0) is 0 Å². The largest absolute Gasteiger partial charge is 0.289 e.